The minimum Gasteiger partial charge on any atom is -0.330 e. The molecule has 0 aliphatic carbocycles. The van der Waals surface area contributed by atoms with E-state index in [1.54, 1.807) is 11.8 Å². The summed E-state index contributed by atoms with van der Waals surface area (Å²) in [6.45, 7) is 3.44. The van der Waals surface area contributed by atoms with Gasteiger partial charge in [0.2, 0.25) is 0 Å². The molecular formula is C12H16N4S. The van der Waals surface area contributed by atoms with Gasteiger partial charge in [-0.25, -0.2) is 0 Å². The predicted octanol–water partition coefficient (Wildman–Crippen LogP) is 1.69. The molecular weight excluding hydrogens is 232 g/mol. The molecule has 0 spiro atoms. The maximum atomic E-state index is 5.51. The summed E-state index contributed by atoms with van der Waals surface area (Å²) in [5.41, 5.74) is 6.76. The van der Waals surface area contributed by atoms with Crippen LogP contribution in [0.15, 0.2) is 35.5 Å². The van der Waals surface area contributed by atoms with E-state index in [1.807, 2.05) is 25.1 Å². The topological polar surface area (TPSA) is 56.7 Å². The van der Waals surface area contributed by atoms with Crippen LogP contribution < -0.4 is 5.73 Å². The fourth-order valence-electron chi connectivity index (χ4n) is 1.57. The second-order valence-corrected chi connectivity index (χ2v) is 4.80. The molecule has 1 heterocycles. The number of aromatic nitrogens is 3. The molecule has 0 saturated heterocycles. The Labute approximate surface area is 105 Å². The van der Waals surface area contributed by atoms with Gasteiger partial charge in [0.25, 0.3) is 0 Å². The number of thioether (sulfide) groups is 1. The molecule has 2 rings (SSSR count). The smallest absolute Gasteiger partial charge is 0.191 e. The van der Waals surface area contributed by atoms with Gasteiger partial charge in [0.15, 0.2) is 5.16 Å². The first-order valence-corrected chi connectivity index (χ1v) is 6.56. The Hall–Kier alpha value is -1.33. The molecule has 90 valence electrons. The van der Waals surface area contributed by atoms with E-state index in [4.69, 9.17) is 5.73 Å². The first-order valence-electron chi connectivity index (χ1n) is 5.58. The van der Waals surface area contributed by atoms with Gasteiger partial charge in [-0.15, -0.1) is 10.2 Å². The number of rotatable bonds is 5. The molecule has 0 aliphatic rings. The van der Waals surface area contributed by atoms with Crippen molar-refractivity contribution in [3.05, 3.63) is 41.7 Å². The molecule has 2 aromatic rings. The van der Waals surface area contributed by atoms with Crippen molar-refractivity contribution < 1.29 is 0 Å². The van der Waals surface area contributed by atoms with Crippen molar-refractivity contribution in [3.8, 4) is 0 Å². The van der Waals surface area contributed by atoms with Crippen molar-refractivity contribution in [2.45, 2.75) is 18.6 Å². The second-order valence-electron chi connectivity index (χ2n) is 3.74. The van der Waals surface area contributed by atoms with Gasteiger partial charge in [-0.2, -0.15) is 0 Å². The Morgan fingerprint density at radius 2 is 2.00 bits per heavy atom. The highest BCUT2D eigenvalue weighted by atomic mass is 32.2. The molecule has 17 heavy (non-hydrogen) atoms. The van der Waals surface area contributed by atoms with Crippen molar-refractivity contribution >= 4 is 11.8 Å². The number of aryl methyl sites for hydroxylation is 1. The summed E-state index contributed by atoms with van der Waals surface area (Å²) in [6.07, 6.45) is 0. The van der Waals surface area contributed by atoms with Crippen molar-refractivity contribution in [2.24, 2.45) is 5.73 Å². The van der Waals surface area contributed by atoms with Crippen LogP contribution in [0.5, 0.6) is 0 Å². The zero-order valence-corrected chi connectivity index (χ0v) is 10.7. The lowest BCUT2D eigenvalue weighted by molar-refractivity contribution is 0.688. The molecule has 0 bridgehead atoms. The molecule has 4 nitrogen and oxygen atoms in total. The molecule has 1 aromatic carbocycles. The Balaban J connectivity index is 2.17. The van der Waals surface area contributed by atoms with Crippen LogP contribution in [0.3, 0.4) is 0 Å². The summed E-state index contributed by atoms with van der Waals surface area (Å²) >= 11 is 1.65. The fourth-order valence-corrected chi connectivity index (χ4v) is 2.32. The summed E-state index contributed by atoms with van der Waals surface area (Å²) in [5.74, 6) is 1.81. The van der Waals surface area contributed by atoms with Gasteiger partial charge < -0.3 is 10.3 Å². The van der Waals surface area contributed by atoms with Crippen LogP contribution in [-0.4, -0.2) is 27.1 Å². The Kier molecular flexibility index (Phi) is 4.17. The van der Waals surface area contributed by atoms with E-state index < -0.39 is 0 Å². The molecule has 2 N–H and O–H groups in total. The average molecular weight is 248 g/mol. The zero-order valence-electron chi connectivity index (χ0n) is 9.84. The van der Waals surface area contributed by atoms with Gasteiger partial charge in [-0.05, 0) is 12.5 Å². The molecule has 0 saturated carbocycles. The molecule has 0 atom stereocenters. The summed E-state index contributed by atoms with van der Waals surface area (Å²) in [7, 11) is 0. The highest BCUT2D eigenvalue weighted by Crippen LogP contribution is 2.17. The fraction of sp³-hybridized carbons (Fsp3) is 0.333. The maximum absolute atomic E-state index is 5.51. The van der Waals surface area contributed by atoms with Gasteiger partial charge in [0.1, 0.15) is 5.82 Å². The quantitative estimate of drug-likeness (QED) is 0.818. The largest absolute Gasteiger partial charge is 0.330 e. The van der Waals surface area contributed by atoms with Crippen molar-refractivity contribution in [2.75, 3.05) is 12.3 Å². The minimum absolute atomic E-state index is 0.655. The van der Waals surface area contributed by atoms with E-state index in [9.17, 15) is 0 Å². The van der Waals surface area contributed by atoms with Crippen LogP contribution >= 0.6 is 11.8 Å². The summed E-state index contributed by atoms with van der Waals surface area (Å²) in [4.78, 5) is 0. The summed E-state index contributed by atoms with van der Waals surface area (Å²) < 4.78 is 2.12. The van der Waals surface area contributed by atoms with E-state index in [1.165, 1.54) is 5.56 Å². The third-order valence-electron chi connectivity index (χ3n) is 2.43. The molecule has 1 aromatic heterocycles. The number of benzene rings is 1. The van der Waals surface area contributed by atoms with E-state index in [0.29, 0.717) is 6.54 Å². The molecule has 0 aliphatic heterocycles. The Morgan fingerprint density at radius 1 is 1.24 bits per heavy atom. The van der Waals surface area contributed by atoms with Crippen molar-refractivity contribution in [1.29, 1.82) is 0 Å². The molecule has 0 unspecified atom stereocenters. The van der Waals surface area contributed by atoms with Crippen LogP contribution in [0.25, 0.3) is 0 Å². The SMILES string of the molecule is Cc1nnc(SCCN)n1Cc1ccccc1. The van der Waals surface area contributed by atoms with Gasteiger partial charge in [0, 0.05) is 12.3 Å². The third kappa shape index (κ3) is 3.08. The van der Waals surface area contributed by atoms with Crippen molar-refractivity contribution in [3.63, 3.8) is 0 Å². The monoisotopic (exact) mass is 248 g/mol. The van der Waals surface area contributed by atoms with Gasteiger partial charge in [-0.3, -0.25) is 0 Å². The highest BCUT2D eigenvalue weighted by molar-refractivity contribution is 7.99. The van der Waals surface area contributed by atoms with E-state index >= 15 is 0 Å². The van der Waals surface area contributed by atoms with Crippen molar-refractivity contribution in [1.82, 2.24) is 14.8 Å². The normalized spacial score (nSPS) is 10.7. The van der Waals surface area contributed by atoms with Crippen LogP contribution in [-0.2, 0) is 6.54 Å². The number of hydrogen-bond donors (Lipinski definition) is 1. The number of hydrogen-bond acceptors (Lipinski definition) is 4. The molecule has 0 fully saturated rings. The highest BCUT2D eigenvalue weighted by Gasteiger charge is 2.08. The van der Waals surface area contributed by atoms with Crippen LogP contribution in [0, 0.1) is 6.92 Å². The van der Waals surface area contributed by atoms with Gasteiger partial charge >= 0.3 is 0 Å². The lowest BCUT2D eigenvalue weighted by Gasteiger charge is -2.07. The minimum atomic E-state index is 0.655. The first-order chi connectivity index (χ1) is 8.31. The third-order valence-corrected chi connectivity index (χ3v) is 3.43. The van der Waals surface area contributed by atoms with E-state index in [0.717, 1.165) is 23.3 Å². The number of nitrogens with zero attached hydrogens (tertiary/aromatic N) is 3. The second kappa shape index (κ2) is 5.84. The van der Waals surface area contributed by atoms with Gasteiger partial charge in [-0.1, -0.05) is 42.1 Å². The lowest BCUT2D eigenvalue weighted by Crippen LogP contribution is -2.06. The summed E-state index contributed by atoms with van der Waals surface area (Å²) in [5, 5.41) is 9.23. The lowest BCUT2D eigenvalue weighted by atomic mass is 10.2. The molecule has 5 heteroatoms. The zero-order chi connectivity index (χ0) is 12.1. The molecule has 0 amide bonds. The van der Waals surface area contributed by atoms with Gasteiger partial charge in [0.05, 0.1) is 6.54 Å². The first kappa shape index (κ1) is 12.1. The maximum Gasteiger partial charge on any atom is 0.191 e. The predicted molar refractivity (Wildman–Crippen MR) is 70.1 cm³/mol. The Morgan fingerprint density at radius 3 is 2.71 bits per heavy atom. The number of nitrogens with two attached hydrogens (primary N) is 1. The average Bonchev–Trinajstić information content (AvgIpc) is 2.70. The van der Waals surface area contributed by atoms with Crippen LogP contribution in [0.4, 0.5) is 0 Å². The molecule has 0 radical (unpaired) electrons. The van der Waals surface area contributed by atoms with E-state index in [-0.39, 0.29) is 0 Å². The van der Waals surface area contributed by atoms with Crippen LogP contribution in [0.1, 0.15) is 11.4 Å². The van der Waals surface area contributed by atoms with Crippen LogP contribution in [0.2, 0.25) is 0 Å². The Bertz CT molecular complexity index is 467. The summed E-state index contributed by atoms with van der Waals surface area (Å²) in [6, 6.07) is 10.3. The standard InChI is InChI=1S/C12H16N4S/c1-10-14-15-12(17-8-7-13)16(10)9-11-5-3-2-4-6-11/h2-6H,7-9,13H2,1H3. The van der Waals surface area contributed by atoms with E-state index in [2.05, 4.69) is 26.9 Å².